The predicted octanol–water partition coefficient (Wildman–Crippen LogP) is 2.05. The van der Waals surface area contributed by atoms with Gasteiger partial charge in [-0.15, -0.1) is 0 Å². The fourth-order valence-electron chi connectivity index (χ4n) is 2.93. The molecule has 1 fully saturated rings. The Bertz CT molecular complexity index is 841. The maximum Gasteiger partial charge on any atom is 0.422 e. The molecule has 1 atom stereocenters. The number of aromatic nitrogens is 1. The predicted molar refractivity (Wildman–Crippen MR) is 101 cm³/mol. The Morgan fingerprint density at radius 1 is 1.27 bits per heavy atom. The number of aromatic amines is 1. The number of alkyl halides is 3. The van der Waals surface area contributed by atoms with E-state index in [1.54, 1.807) is 6.92 Å². The minimum absolute atomic E-state index is 0.0161. The molecule has 0 aromatic carbocycles. The summed E-state index contributed by atoms with van der Waals surface area (Å²) in [6, 6.07) is 0.295. The Balaban J connectivity index is 1.76. The van der Waals surface area contributed by atoms with Crippen molar-refractivity contribution in [2.45, 2.75) is 44.8 Å². The number of unbranched alkanes of at least 4 members (excludes halogenated alkanes) is 2. The summed E-state index contributed by atoms with van der Waals surface area (Å²) < 4.78 is 68.5. The molecule has 0 spiro atoms. The van der Waals surface area contributed by atoms with Crippen molar-refractivity contribution in [2.75, 3.05) is 25.4 Å². The molecule has 1 aliphatic heterocycles. The molecule has 3 amide bonds. The highest BCUT2D eigenvalue weighted by molar-refractivity contribution is 7.89. The summed E-state index contributed by atoms with van der Waals surface area (Å²) in [4.78, 5) is 26.4. The molecule has 1 unspecified atom stereocenters. The zero-order valence-electron chi connectivity index (χ0n) is 16.4. The number of carbonyl (C=O) groups excluding carboxylic acids is 2. The third-order valence-electron chi connectivity index (χ3n) is 4.41. The standard InChI is InChI=1S/C17H25F3N4O5S/c1-2-13(12-8-15(21-9-12)29-11-17(18,19)20)23-30(27,28)7-5-3-4-6-24-10-14(25)22-16(24)26/h8-9,13,21,23H,2-7,10-11H2,1H3,(H,22,25,26). The second-order valence-corrected chi connectivity index (χ2v) is 8.81. The van der Waals surface area contributed by atoms with E-state index in [0.29, 0.717) is 37.8 Å². The molecule has 0 bridgehead atoms. The molecule has 1 aromatic rings. The average molecular weight is 454 g/mol. The highest BCUT2D eigenvalue weighted by Crippen LogP contribution is 2.24. The first-order valence-corrected chi connectivity index (χ1v) is 11.1. The van der Waals surface area contributed by atoms with Gasteiger partial charge in [0, 0.05) is 24.8 Å². The summed E-state index contributed by atoms with van der Waals surface area (Å²) in [6.07, 6.45) is -1.19. The number of ether oxygens (including phenoxy) is 1. The first-order valence-electron chi connectivity index (χ1n) is 9.45. The van der Waals surface area contributed by atoms with Gasteiger partial charge in [-0.3, -0.25) is 10.1 Å². The van der Waals surface area contributed by atoms with Crippen molar-refractivity contribution in [3.8, 4) is 5.88 Å². The van der Waals surface area contributed by atoms with Crippen molar-refractivity contribution >= 4 is 22.0 Å². The lowest BCUT2D eigenvalue weighted by molar-refractivity contribution is -0.154. The summed E-state index contributed by atoms with van der Waals surface area (Å²) in [7, 11) is -3.62. The number of halogens is 3. The molecule has 170 valence electrons. The van der Waals surface area contributed by atoms with Gasteiger partial charge in [-0.1, -0.05) is 13.3 Å². The van der Waals surface area contributed by atoms with Crippen LogP contribution in [0.1, 0.15) is 44.2 Å². The molecule has 0 saturated carbocycles. The van der Waals surface area contributed by atoms with Crippen molar-refractivity contribution in [3.63, 3.8) is 0 Å². The molecule has 2 rings (SSSR count). The van der Waals surface area contributed by atoms with E-state index < -0.39 is 34.9 Å². The number of sulfonamides is 1. The number of rotatable bonds is 12. The van der Waals surface area contributed by atoms with E-state index >= 15 is 0 Å². The highest BCUT2D eigenvalue weighted by Gasteiger charge is 2.29. The number of hydrogen-bond acceptors (Lipinski definition) is 5. The van der Waals surface area contributed by atoms with Crippen LogP contribution in [0.5, 0.6) is 5.88 Å². The van der Waals surface area contributed by atoms with Gasteiger partial charge in [0.25, 0.3) is 0 Å². The number of amides is 3. The van der Waals surface area contributed by atoms with Crippen molar-refractivity contribution in [1.29, 1.82) is 0 Å². The molecule has 9 nitrogen and oxygen atoms in total. The van der Waals surface area contributed by atoms with Gasteiger partial charge in [-0.2, -0.15) is 13.2 Å². The minimum atomic E-state index is -4.47. The lowest BCUT2D eigenvalue weighted by Gasteiger charge is -2.16. The number of imide groups is 1. The van der Waals surface area contributed by atoms with Crippen LogP contribution in [0.3, 0.4) is 0 Å². The van der Waals surface area contributed by atoms with E-state index in [4.69, 9.17) is 0 Å². The van der Waals surface area contributed by atoms with Crippen LogP contribution < -0.4 is 14.8 Å². The number of urea groups is 1. The van der Waals surface area contributed by atoms with Crippen LogP contribution in [0.2, 0.25) is 0 Å². The van der Waals surface area contributed by atoms with Crippen LogP contribution in [-0.2, 0) is 14.8 Å². The molecular weight excluding hydrogens is 429 g/mol. The third kappa shape index (κ3) is 7.86. The molecule has 30 heavy (non-hydrogen) atoms. The fraction of sp³-hybridized carbons (Fsp3) is 0.647. The Morgan fingerprint density at radius 2 is 2.00 bits per heavy atom. The molecule has 1 aromatic heterocycles. The van der Waals surface area contributed by atoms with E-state index in [9.17, 15) is 31.2 Å². The quantitative estimate of drug-likeness (QED) is 0.330. The van der Waals surface area contributed by atoms with Gasteiger partial charge in [0.2, 0.25) is 15.9 Å². The summed E-state index contributed by atoms with van der Waals surface area (Å²) in [6.45, 7) is 0.691. The van der Waals surface area contributed by atoms with Crippen LogP contribution in [0.15, 0.2) is 12.3 Å². The Labute approximate surface area is 172 Å². The number of H-pyrrole nitrogens is 1. The van der Waals surface area contributed by atoms with Gasteiger partial charge in [0.15, 0.2) is 12.5 Å². The molecule has 0 aliphatic carbocycles. The monoisotopic (exact) mass is 454 g/mol. The second kappa shape index (κ2) is 10.2. The topological polar surface area (TPSA) is 121 Å². The van der Waals surface area contributed by atoms with Crippen LogP contribution >= 0.6 is 0 Å². The average Bonchev–Trinajstić information content (AvgIpc) is 3.23. The summed E-state index contributed by atoms with van der Waals surface area (Å²) in [5.74, 6) is -0.574. The lowest BCUT2D eigenvalue weighted by atomic mass is 10.1. The van der Waals surface area contributed by atoms with Crippen molar-refractivity contribution < 1.29 is 35.9 Å². The molecule has 13 heteroatoms. The van der Waals surface area contributed by atoms with Gasteiger partial charge >= 0.3 is 12.2 Å². The van der Waals surface area contributed by atoms with E-state index in [2.05, 4.69) is 19.8 Å². The van der Waals surface area contributed by atoms with Gasteiger partial charge in [-0.25, -0.2) is 17.9 Å². The lowest BCUT2D eigenvalue weighted by Crippen LogP contribution is -2.30. The van der Waals surface area contributed by atoms with Crippen LogP contribution in [0.25, 0.3) is 0 Å². The summed E-state index contributed by atoms with van der Waals surface area (Å²) in [5.41, 5.74) is 0.475. The van der Waals surface area contributed by atoms with Crippen LogP contribution in [-0.4, -0.2) is 61.9 Å². The second-order valence-electron chi connectivity index (χ2n) is 6.93. The van der Waals surface area contributed by atoms with E-state index in [1.165, 1.54) is 17.2 Å². The van der Waals surface area contributed by atoms with E-state index in [-0.39, 0.29) is 24.1 Å². The van der Waals surface area contributed by atoms with Crippen molar-refractivity contribution in [1.82, 2.24) is 19.9 Å². The number of nitrogens with zero attached hydrogens (tertiary/aromatic N) is 1. The van der Waals surface area contributed by atoms with Crippen molar-refractivity contribution in [3.05, 3.63) is 17.8 Å². The number of nitrogens with one attached hydrogen (secondary N) is 3. The van der Waals surface area contributed by atoms with Gasteiger partial charge in [0.1, 0.15) is 6.54 Å². The zero-order chi connectivity index (χ0) is 22.4. The van der Waals surface area contributed by atoms with Crippen LogP contribution in [0, 0.1) is 0 Å². The maximum atomic E-state index is 12.3. The van der Waals surface area contributed by atoms with Gasteiger partial charge < -0.3 is 14.6 Å². The zero-order valence-corrected chi connectivity index (χ0v) is 17.2. The molecule has 2 heterocycles. The molecule has 3 N–H and O–H groups in total. The van der Waals surface area contributed by atoms with Crippen LogP contribution in [0.4, 0.5) is 18.0 Å². The largest absolute Gasteiger partial charge is 0.469 e. The molecule has 1 aliphatic rings. The first kappa shape index (κ1) is 24.0. The van der Waals surface area contributed by atoms with Crippen molar-refractivity contribution in [2.24, 2.45) is 0 Å². The Morgan fingerprint density at radius 3 is 2.60 bits per heavy atom. The fourth-order valence-corrected chi connectivity index (χ4v) is 4.37. The smallest absolute Gasteiger partial charge is 0.422 e. The summed E-state index contributed by atoms with van der Waals surface area (Å²) >= 11 is 0. The Kier molecular flexibility index (Phi) is 8.12. The number of carbonyl (C=O) groups is 2. The maximum absolute atomic E-state index is 12.3. The molecule has 1 saturated heterocycles. The minimum Gasteiger partial charge on any atom is -0.469 e. The highest BCUT2D eigenvalue weighted by atomic mass is 32.2. The summed E-state index contributed by atoms with van der Waals surface area (Å²) in [5, 5.41) is 2.17. The molecule has 0 radical (unpaired) electrons. The number of hydrogen-bond donors (Lipinski definition) is 3. The van der Waals surface area contributed by atoms with Gasteiger partial charge in [0.05, 0.1) is 5.75 Å². The first-order chi connectivity index (χ1) is 14.0. The Hall–Kier alpha value is -2.28. The SMILES string of the molecule is CCC(NS(=O)(=O)CCCCCN1CC(=O)NC1=O)c1c[nH]c(OCC(F)(F)F)c1. The molecular formula is C17H25F3N4O5S. The third-order valence-corrected chi connectivity index (χ3v) is 5.88. The van der Waals surface area contributed by atoms with Gasteiger partial charge in [-0.05, 0) is 24.8 Å². The van der Waals surface area contributed by atoms with E-state index in [0.717, 1.165) is 0 Å². The van der Waals surface area contributed by atoms with E-state index in [1.807, 2.05) is 0 Å². The normalized spacial score (nSPS) is 16.1.